The van der Waals surface area contributed by atoms with Gasteiger partial charge in [0.2, 0.25) is 0 Å². The minimum absolute atomic E-state index is 0.0585. The first-order valence-electron chi connectivity index (χ1n) is 6.80. The van der Waals surface area contributed by atoms with E-state index in [1.54, 1.807) is 13.0 Å². The Morgan fingerprint density at radius 1 is 1.25 bits per heavy atom. The lowest BCUT2D eigenvalue weighted by Crippen LogP contribution is -2.27. The number of aryl methyl sites for hydroxylation is 2. The first-order valence-corrected chi connectivity index (χ1v) is 6.80. The summed E-state index contributed by atoms with van der Waals surface area (Å²) in [4.78, 5) is 12.3. The summed E-state index contributed by atoms with van der Waals surface area (Å²) < 4.78 is 13.1. The van der Waals surface area contributed by atoms with Crippen LogP contribution in [-0.4, -0.2) is 5.91 Å². The van der Waals surface area contributed by atoms with Gasteiger partial charge >= 0.3 is 0 Å². The van der Waals surface area contributed by atoms with E-state index in [0.717, 1.165) is 12.8 Å². The van der Waals surface area contributed by atoms with Crippen molar-refractivity contribution in [3.05, 3.63) is 70.5 Å². The number of nitrogens with one attached hydrogen (secondary N) is 1. The van der Waals surface area contributed by atoms with Crippen molar-refractivity contribution in [1.82, 2.24) is 5.32 Å². The Hall–Kier alpha value is -2.16. The van der Waals surface area contributed by atoms with Crippen LogP contribution in [0.4, 0.5) is 4.39 Å². The van der Waals surface area contributed by atoms with Gasteiger partial charge in [0, 0.05) is 5.56 Å². The summed E-state index contributed by atoms with van der Waals surface area (Å²) in [5.41, 5.74) is 3.69. The van der Waals surface area contributed by atoms with Crippen LogP contribution in [0.3, 0.4) is 0 Å². The minimum Gasteiger partial charge on any atom is -0.345 e. The molecule has 1 unspecified atom stereocenters. The first-order chi connectivity index (χ1) is 9.65. The highest BCUT2D eigenvalue weighted by atomic mass is 19.1. The number of benzene rings is 2. The average Bonchev–Trinajstić information content (AvgIpc) is 2.82. The van der Waals surface area contributed by atoms with E-state index in [4.69, 9.17) is 0 Å². The Labute approximate surface area is 117 Å². The number of hydrogen-bond acceptors (Lipinski definition) is 1. The molecule has 0 saturated heterocycles. The summed E-state index contributed by atoms with van der Waals surface area (Å²) in [6, 6.07) is 12.5. The lowest BCUT2D eigenvalue weighted by molar-refractivity contribution is 0.0936. The summed E-state index contributed by atoms with van der Waals surface area (Å²) in [7, 11) is 0. The Bertz CT molecular complexity index is 666. The molecule has 0 aliphatic heterocycles. The van der Waals surface area contributed by atoms with Gasteiger partial charge in [0.05, 0.1) is 6.04 Å². The molecule has 1 aliphatic carbocycles. The van der Waals surface area contributed by atoms with E-state index in [-0.39, 0.29) is 17.8 Å². The highest BCUT2D eigenvalue weighted by Gasteiger charge is 2.24. The molecule has 0 heterocycles. The van der Waals surface area contributed by atoms with Gasteiger partial charge < -0.3 is 5.32 Å². The Balaban J connectivity index is 1.81. The topological polar surface area (TPSA) is 29.1 Å². The van der Waals surface area contributed by atoms with Crippen LogP contribution in [0.1, 0.15) is 39.5 Å². The van der Waals surface area contributed by atoms with Gasteiger partial charge in [-0.1, -0.05) is 24.3 Å². The van der Waals surface area contributed by atoms with Crippen LogP contribution >= 0.6 is 0 Å². The largest absolute Gasteiger partial charge is 0.345 e. The molecule has 2 aromatic rings. The SMILES string of the molecule is Cc1cc(F)ccc1C(=O)NC1CCc2ccccc21. The van der Waals surface area contributed by atoms with E-state index in [1.807, 2.05) is 12.1 Å². The maximum absolute atomic E-state index is 13.1. The monoisotopic (exact) mass is 269 g/mol. The van der Waals surface area contributed by atoms with Crippen LogP contribution in [0.5, 0.6) is 0 Å². The maximum Gasteiger partial charge on any atom is 0.252 e. The van der Waals surface area contributed by atoms with Gasteiger partial charge in [-0.3, -0.25) is 4.79 Å². The highest BCUT2D eigenvalue weighted by Crippen LogP contribution is 2.31. The van der Waals surface area contributed by atoms with Gasteiger partial charge in [-0.05, 0) is 54.7 Å². The fraction of sp³-hybridized carbons (Fsp3) is 0.235. The van der Waals surface area contributed by atoms with Gasteiger partial charge in [0.15, 0.2) is 0 Å². The molecule has 20 heavy (non-hydrogen) atoms. The molecule has 102 valence electrons. The third kappa shape index (κ3) is 2.31. The molecule has 0 aromatic heterocycles. The zero-order valence-electron chi connectivity index (χ0n) is 11.3. The molecule has 0 bridgehead atoms. The molecule has 0 fully saturated rings. The van der Waals surface area contributed by atoms with Crippen LogP contribution < -0.4 is 5.32 Å². The van der Waals surface area contributed by atoms with E-state index >= 15 is 0 Å². The van der Waals surface area contributed by atoms with Crippen molar-refractivity contribution in [2.45, 2.75) is 25.8 Å². The summed E-state index contributed by atoms with van der Waals surface area (Å²) in [6.07, 6.45) is 1.91. The second kappa shape index (κ2) is 5.08. The molecule has 3 heteroatoms. The molecule has 3 rings (SSSR count). The smallest absolute Gasteiger partial charge is 0.252 e. The van der Waals surface area contributed by atoms with Crippen molar-refractivity contribution in [2.75, 3.05) is 0 Å². The van der Waals surface area contributed by atoms with Crippen LogP contribution in [0.2, 0.25) is 0 Å². The number of amides is 1. The lowest BCUT2D eigenvalue weighted by Gasteiger charge is -2.15. The molecule has 2 nitrogen and oxygen atoms in total. The summed E-state index contributed by atoms with van der Waals surface area (Å²) in [5, 5.41) is 3.05. The van der Waals surface area contributed by atoms with Crippen LogP contribution in [-0.2, 0) is 6.42 Å². The molecular formula is C17H16FNO. The minimum atomic E-state index is -0.315. The zero-order chi connectivity index (χ0) is 14.1. The fourth-order valence-corrected chi connectivity index (χ4v) is 2.82. The van der Waals surface area contributed by atoms with Crippen molar-refractivity contribution in [1.29, 1.82) is 0 Å². The maximum atomic E-state index is 13.1. The normalized spacial score (nSPS) is 16.8. The van der Waals surface area contributed by atoms with Gasteiger partial charge in [-0.2, -0.15) is 0 Å². The second-order valence-corrected chi connectivity index (χ2v) is 5.22. The molecule has 1 amide bonds. The number of halogens is 1. The molecule has 1 atom stereocenters. The van der Waals surface area contributed by atoms with Gasteiger partial charge in [-0.25, -0.2) is 4.39 Å². The van der Waals surface area contributed by atoms with Gasteiger partial charge in [0.25, 0.3) is 5.91 Å². The second-order valence-electron chi connectivity index (χ2n) is 5.22. The summed E-state index contributed by atoms with van der Waals surface area (Å²) in [6.45, 7) is 1.75. The molecule has 0 spiro atoms. The average molecular weight is 269 g/mol. The third-order valence-corrected chi connectivity index (χ3v) is 3.87. The molecular weight excluding hydrogens is 253 g/mol. The number of carbonyl (C=O) groups is 1. The van der Waals surface area contributed by atoms with Crippen LogP contribution in [0, 0.1) is 12.7 Å². The fourth-order valence-electron chi connectivity index (χ4n) is 2.82. The number of fused-ring (bicyclic) bond motifs is 1. The van der Waals surface area contributed by atoms with Crippen molar-refractivity contribution in [3.8, 4) is 0 Å². The van der Waals surface area contributed by atoms with Crippen molar-refractivity contribution in [2.24, 2.45) is 0 Å². The Morgan fingerprint density at radius 2 is 2.05 bits per heavy atom. The first kappa shape index (κ1) is 12.9. The Kier molecular flexibility index (Phi) is 3.26. The third-order valence-electron chi connectivity index (χ3n) is 3.87. The van der Waals surface area contributed by atoms with E-state index < -0.39 is 0 Å². The molecule has 1 N–H and O–H groups in total. The predicted octanol–water partition coefficient (Wildman–Crippen LogP) is 3.55. The summed E-state index contributed by atoms with van der Waals surface area (Å²) >= 11 is 0. The van der Waals surface area contributed by atoms with Crippen molar-refractivity contribution >= 4 is 5.91 Å². The van der Waals surface area contributed by atoms with E-state index in [1.165, 1.54) is 23.3 Å². The van der Waals surface area contributed by atoms with Crippen molar-refractivity contribution < 1.29 is 9.18 Å². The predicted molar refractivity (Wildman–Crippen MR) is 76.1 cm³/mol. The molecule has 0 saturated carbocycles. The van der Waals surface area contributed by atoms with Crippen molar-refractivity contribution in [3.63, 3.8) is 0 Å². The molecule has 1 aliphatic rings. The van der Waals surface area contributed by atoms with Gasteiger partial charge in [0.1, 0.15) is 5.82 Å². The van der Waals surface area contributed by atoms with Gasteiger partial charge in [-0.15, -0.1) is 0 Å². The summed E-state index contributed by atoms with van der Waals surface area (Å²) in [5.74, 6) is -0.450. The van der Waals surface area contributed by atoms with E-state index in [2.05, 4.69) is 17.4 Å². The molecule has 2 aromatic carbocycles. The Morgan fingerprint density at radius 3 is 2.85 bits per heavy atom. The van der Waals surface area contributed by atoms with E-state index in [0.29, 0.717) is 11.1 Å². The molecule has 0 radical (unpaired) electrons. The number of rotatable bonds is 2. The standard InChI is InChI=1S/C17H16FNO/c1-11-10-13(18)7-8-14(11)17(20)19-16-9-6-12-4-2-3-5-15(12)16/h2-5,7-8,10,16H,6,9H2,1H3,(H,19,20). The number of carbonyl (C=O) groups excluding carboxylic acids is 1. The van der Waals surface area contributed by atoms with Crippen LogP contribution in [0.25, 0.3) is 0 Å². The number of hydrogen-bond donors (Lipinski definition) is 1. The zero-order valence-corrected chi connectivity index (χ0v) is 11.3. The van der Waals surface area contributed by atoms with Crippen LogP contribution in [0.15, 0.2) is 42.5 Å². The quantitative estimate of drug-likeness (QED) is 0.887. The highest BCUT2D eigenvalue weighted by molar-refractivity contribution is 5.95. The lowest BCUT2D eigenvalue weighted by atomic mass is 10.1. The van der Waals surface area contributed by atoms with E-state index in [9.17, 15) is 9.18 Å².